The SMILES string of the molecule is CCCn1ccnc1C(N)c1cc2c(s1)CCSC2. The zero-order chi connectivity index (χ0) is 13.2. The van der Waals surface area contributed by atoms with Gasteiger partial charge in [-0.3, -0.25) is 0 Å². The van der Waals surface area contributed by atoms with Crippen molar-refractivity contribution in [2.24, 2.45) is 5.73 Å². The number of thioether (sulfide) groups is 1. The Balaban J connectivity index is 1.88. The van der Waals surface area contributed by atoms with E-state index in [2.05, 4.69) is 22.5 Å². The van der Waals surface area contributed by atoms with E-state index in [1.54, 1.807) is 0 Å². The van der Waals surface area contributed by atoms with Gasteiger partial charge in [-0.2, -0.15) is 11.8 Å². The molecule has 0 aliphatic carbocycles. The fourth-order valence-electron chi connectivity index (χ4n) is 2.48. The Bertz CT molecular complexity index is 535. The van der Waals surface area contributed by atoms with Crippen LogP contribution in [0.2, 0.25) is 0 Å². The van der Waals surface area contributed by atoms with Crippen molar-refractivity contribution in [2.45, 2.75) is 38.1 Å². The average Bonchev–Trinajstić information content (AvgIpc) is 3.04. The van der Waals surface area contributed by atoms with E-state index in [0.29, 0.717) is 0 Å². The van der Waals surface area contributed by atoms with Crippen LogP contribution in [0.15, 0.2) is 18.5 Å². The minimum atomic E-state index is -0.0813. The molecule has 0 bridgehead atoms. The molecule has 2 aromatic heterocycles. The van der Waals surface area contributed by atoms with Gasteiger partial charge in [0, 0.05) is 34.4 Å². The maximum atomic E-state index is 6.42. The zero-order valence-electron chi connectivity index (χ0n) is 11.1. The molecule has 19 heavy (non-hydrogen) atoms. The van der Waals surface area contributed by atoms with Gasteiger partial charge in [0.15, 0.2) is 0 Å². The second-order valence-electron chi connectivity index (χ2n) is 4.86. The lowest BCUT2D eigenvalue weighted by Gasteiger charge is -2.12. The number of aromatic nitrogens is 2. The molecule has 1 atom stereocenters. The van der Waals surface area contributed by atoms with Gasteiger partial charge in [0.05, 0.1) is 6.04 Å². The number of nitrogens with zero attached hydrogens (tertiary/aromatic N) is 2. The maximum absolute atomic E-state index is 6.42. The van der Waals surface area contributed by atoms with Crippen molar-refractivity contribution in [3.05, 3.63) is 39.6 Å². The quantitative estimate of drug-likeness (QED) is 0.941. The van der Waals surface area contributed by atoms with Gasteiger partial charge >= 0.3 is 0 Å². The van der Waals surface area contributed by atoms with Gasteiger partial charge in [-0.1, -0.05) is 6.92 Å². The summed E-state index contributed by atoms with van der Waals surface area (Å²) < 4.78 is 2.18. The van der Waals surface area contributed by atoms with Crippen LogP contribution in [0.25, 0.3) is 0 Å². The van der Waals surface area contributed by atoms with E-state index in [1.165, 1.54) is 27.5 Å². The summed E-state index contributed by atoms with van der Waals surface area (Å²) >= 11 is 3.89. The van der Waals surface area contributed by atoms with Crippen LogP contribution in [-0.4, -0.2) is 15.3 Å². The van der Waals surface area contributed by atoms with Gasteiger partial charge in [-0.25, -0.2) is 4.98 Å². The lowest BCUT2D eigenvalue weighted by Crippen LogP contribution is -2.16. The van der Waals surface area contributed by atoms with Gasteiger partial charge in [0.2, 0.25) is 0 Å². The molecule has 0 fully saturated rings. The van der Waals surface area contributed by atoms with Gasteiger partial charge in [0.25, 0.3) is 0 Å². The van der Waals surface area contributed by atoms with Gasteiger partial charge < -0.3 is 10.3 Å². The largest absolute Gasteiger partial charge is 0.333 e. The van der Waals surface area contributed by atoms with E-state index < -0.39 is 0 Å². The third-order valence-corrected chi connectivity index (χ3v) is 5.77. The second-order valence-corrected chi connectivity index (χ2v) is 7.13. The number of hydrogen-bond donors (Lipinski definition) is 1. The van der Waals surface area contributed by atoms with Crippen molar-refractivity contribution in [3.63, 3.8) is 0 Å². The van der Waals surface area contributed by atoms with Crippen LogP contribution in [0.4, 0.5) is 0 Å². The first-order chi connectivity index (χ1) is 9.29. The van der Waals surface area contributed by atoms with Gasteiger partial charge in [-0.05, 0) is 30.2 Å². The van der Waals surface area contributed by atoms with Crippen LogP contribution in [0.1, 0.15) is 40.5 Å². The first kappa shape index (κ1) is 13.2. The Morgan fingerprint density at radius 2 is 2.42 bits per heavy atom. The molecule has 2 N–H and O–H groups in total. The summed E-state index contributed by atoms with van der Waals surface area (Å²) in [5.41, 5.74) is 7.91. The second kappa shape index (κ2) is 5.69. The summed E-state index contributed by atoms with van der Waals surface area (Å²) in [5, 5.41) is 0. The molecule has 0 amide bonds. The number of imidazole rings is 1. The molecule has 0 saturated carbocycles. The third kappa shape index (κ3) is 2.59. The maximum Gasteiger partial charge on any atom is 0.131 e. The van der Waals surface area contributed by atoms with Crippen molar-refractivity contribution >= 4 is 23.1 Å². The van der Waals surface area contributed by atoms with Crippen LogP contribution < -0.4 is 5.73 Å². The van der Waals surface area contributed by atoms with E-state index in [4.69, 9.17) is 5.73 Å². The Morgan fingerprint density at radius 1 is 1.53 bits per heavy atom. The van der Waals surface area contributed by atoms with Crippen molar-refractivity contribution in [1.29, 1.82) is 0 Å². The smallest absolute Gasteiger partial charge is 0.131 e. The Labute approximate surface area is 122 Å². The number of nitrogens with two attached hydrogens (primary N) is 1. The minimum Gasteiger partial charge on any atom is -0.333 e. The predicted molar refractivity (Wildman–Crippen MR) is 82.7 cm³/mol. The normalized spacial score (nSPS) is 16.3. The highest BCUT2D eigenvalue weighted by Crippen LogP contribution is 2.35. The summed E-state index contributed by atoms with van der Waals surface area (Å²) in [6, 6.07) is 2.21. The highest BCUT2D eigenvalue weighted by atomic mass is 32.2. The van der Waals surface area contributed by atoms with Crippen LogP contribution in [0.3, 0.4) is 0 Å². The van der Waals surface area contributed by atoms with E-state index in [1.807, 2.05) is 35.5 Å². The molecule has 5 heteroatoms. The fraction of sp³-hybridized carbons (Fsp3) is 0.500. The molecular formula is C14H19N3S2. The molecular weight excluding hydrogens is 274 g/mol. The summed E-state index contributed by atoms with van der Waals surface area (Å²) in [4.78, 5) is 7.24. The molecule has 3 rings (SSSR count). The molecule has 102 valence electrons. The number of hydrogen-bond acceptors (Lipinski definition) is 4. The molecule has 1 aliphatic heterocycles. The highest BCUT2D eigenvalue weighted by Gasteiger charge is 2.20. The summed E-state index contributed by atoms with van der Waals surface area (Å²) in [6.07, 6.45) is 6.19. The molecule has 0 aromatic carbocycles. The molecule has 2 aromatic rings. The van der Waals surface area contributed by atoms with Crippen LogP contribution in [-0.2, 0) is 18.7 Å². The number of rotatable bonds is 4. The van der Waals surface area contributed by atoms with E-state index >= 15 is 0 Å². The van der Waals surface area contributed by atoms with Crippen molar-refractivity contribution in [2.75, 3.05) is 5.75 Å². The molecule has 3 nitrogen and oxygen atoms in total. The highest BCUT2D eigenvalue weighted by molar-refractivity contribution is 7.98. The van der Waals surface area contributed by atoms with Crippen LogP contribution in [0.5, 0.6) is 0 Å². The minimum absolute atomic E-state index is 0.0813. The summed E-state index contributed by atoms with van der Waals surface area (Å²) in [5.74, 6) is 3.38. The van der Waals surface area contributed by atoms with E-state index in [9.17, 15) is 0 Å². The Kier molecular flexibility index (Phi) is 3.96. The molecule has 0 saturated heterocycles. The average molecular weight is 293 g/mol. The first-order valence-corrected chi connectivity index (χ1v) is 8.72. The monoisotopic (exact) mass is 293 g/mol. The zero-order valence-corrected chi connectivity index (χ0v) is 12.8. The molecule has 0 radical (unpaired) electrons. The molecule has 3 heterocycles. The number of aryl methyl sites for hydroxylation is 2. The van der Waals surface area contributed by atoms with Gasteiger partial charge in [0.1, 0.15) is 5.82 Å². The standard InChI is InChI=1S/C14H19N3S2/c1-2-5-17-6-4-16-14(17)13(15)12-8-10-9-18-7-3-11(10)19-12/h4,6,8,13H,2-3,5,7,9,15H2,1H3. The van der Waals surface area contributed by atoms with Crippen molar-refractivity contribution < 1.29 is 0 Å². The summed E-state index contributed by atoms with van der Waals surface area (Å²) in [6.45, 7) is 3.17. The van der Waals surface area contributed by atoms with Crippen LogP contribution in [0, 0.1) is 0 Å². The predicted octanol–water partition coefficient (Wildman–Crippen LogP) is 3.19. The number of thiophene rings is 1. The molecule has 1 unspecified atom stereocenters. The summed E-state index contributed by atoms with van der Waals surface area (Å²) in [7, 11) is 0. The fourth-order valence-corrected chi connectivity index (χ4v) is 4.86. The topological polar surface area (TPSA) is 43.8 Å². The van der Waals surface area contributed by atoms with Gasteiger partial charge in [-0.15, -0.1) is 11.3 Å². The number of fused-ring (bicyclic) bond motifs is 1. The Hall–Kier alpha value is -0.780. The lowest BCUT2D eigenvalue weighted by atomic mass is 10.2. The van der Waals surface area contributed by atoms with Crippen LogP contribution >= 0.6 is 23.1 Å². The lowest BCUT2D eigenvalue weighted by molar-refractivity contribution is 0.616. The first-order valence-electron chi connectivity index (χ1n) is 6.75. The molecule has 1 aliphatic rings. The van der Waals surface area contributed by atoms with Crippen molar-refractivity contribution in [3.8, 4) is 0 Å². The molecule has 0 spiro atoms. The van der Waals surface area contributed by atoms with E-state index in [0.717, 1.165) is 24.5 Å². The Morgan fingerprint density at radius 3 is 3.21 bits per heavy atom. The third-order valence-electron chi connectivity index (χ3n) is 3.44. The van der Waals surface area contributed by atoms with E-state index in [-0.39, 0.29) is 6.04 Å². The van der Waals surface area contributed by atoms with Crippen molar-refractivity contribution in [1.82, 2.24) is 9.55 Å².